The van der Waals surface area contributed by atoms with Crippen LogP contribution in [0.5, 0.6) is 0 Å². The summed E-state index contributed by atoms with van der Waals surface area (Å²) in [5, 5.41) is 2.13. The van der Waals surface area contributed by atoms with Crippen LogP contribution in [0, 0.1) is 5.92 Å². The first-order valence-electron chi connectivity index (χ1n) is 3.61. The second kappa shape index (κ2) is 4.77. The van der Waals surface area contributed by atoms with E-state index in [4.69, 9.17) is 0 Å². The van der Waals surface area contributed by atoms with Crippen LogP contribution in [0.4, 0.5) is 0 Å². The molecule has 0 radical (unpaired) electrons. The first-order chi connectivity index (χ1) is 4.16. The lowest BCUT2D eigenvalue weighted by Crippen LogP contribution is -2.36. The highest BCUT2D eigenvalue weighted by Crippen LogP contribution is 1.91. The minimum Gasteiger partial charge on any atom is -0.256 e. The molecule has 0 aromatic rings. The van der Waals surface area contributed by atoms with Gasteiger partial charge < -0.3 is 0 Å². The van der Waals surface area contributed by atoms with Crippen LogP contribution < -0.4 is 5.43 Å². The molecule has 0 spiro atoms. The van der Waals surface area contributed by atoms with Crippen LogP contribution in [0.25, 0.3) is 0 Å². The maximum Gasteiger partial charge on any atom is 0.0150 e. The molecule has 0 rings (SSSR count). The van der Waals surface area contributed by atoms with Gasteiger partial charge in [0.05, 0.1) is 0 Å². The van der Waals surface area contributed by atoms with Crippen molar-refractivity contribution >= 4 is 0 Å². The molecule has 0 aromatic heterocycles. The zero-order valence-electron chi connectivity index (χ0n) is 6.94. The lowest BCUT2D eigenvalue weighted by Gasteiger charge is -2.18. The third-order valence-electron chi connectivity index (χ3n) is 1.07. The highest BCUT2D eigenvalue weighted by atomic mass is 15.5. The molecule has 0 saturated heterocycles. The van der Waals surface area contributed by atoms with Crippen molar-refractivity contribution in [2.45, 2.75) is 20.8 Å². The fraction of sp³-hybridized carbons (Fsp3) is 1.00. The van der Waals surface area contributed by atoms with Crippen LogP contribution in [-0.2, 0) is 0 Å². The third kappa shape index (κ3) is 5.80. The average Bonchev–Trinajstić information content (AvgIpc) is 1.63. The van der Waals surface area contributed by atoms with Crippen LogP contribution in [-0.4, -0.2) is 25.1 Å². The van der Waals surface area contributed by atoms with Crippen molar-refractivity contribution in [3.63, 3.8) is 0 Å². The van der Waals surface area contributed by atoms with E-state index in [0.29, 0.717) is 0 Å². The Labute approximate surface area is 58.2 Å². The van der Waals surface area contributed by atoms with Crippen molar-refractivity contribution in [2.75, 3.05) is 20.1 Å². The SMILES string of the molecule is CCNN(C)CC(C)C. The van der Waals surface area contributed by atoms with Crippen LogP contribution in [0.15, 0.2) is 0 Å². The highest BCUT2D eigenvalue weighted by molar-refractivity contribution is 4.47. The molecule has 2 heteroatoms. The van der Waals surface area contributed by atoms with Gasteiger partial charge in [0, 0.05) is 20.1 Å². The molecule has 0 bridgehead atoms. The second-order valence-electron chi connectivity index (χ2n) is 2.79. The van der Waals surface area contributed by atoms with E-state index in [9.17, 15) is 0 Å². The molecule has 9 heavy (non-hydrogen) atoms. The fourth-order valence-corrected chi connectivity index (χ4v) is 0.882. The summed E-state index contributed by atoms with van der Waals surface area (Å²) in [5.74, 6) is 0.744. The number of hydrazine groups is 1. The maximum absolute atomic E-state index is 3.21. The Morgan fingerprint density at radius 2 is 2.00 bits per heavy atom. The van der Waals surface area contributed by atoms with E-state index in [1.807, 2.05) is 0 Å². The maximum atomic E-state index is 3.21. The molecule has 0 heterocycles. The lowest BCUT2D eigenvalue weighted by atomic mass is 10.2. The Kier molecular flexibility index (Phi) is 4.72. The summed E-state index contributed by atoms with van der Waals surface area (Å²) in [6, 6.07) is 0. The van der Waals surface area contributed by atoms with Gasteiger partial charge in [-0.15, -0.1) is 0 Å². The van der Waals surface area contributed by atoms with Crippen LogP contribution in [0.3, 0.4) is 0 Å². The molecule has 1 N–H and O–H groups in total. The van der Waals surface area contributed by atoms with Gasteiger partial charge >= 0.3 is 0 Å². The summed E-state index contributed by atoms with van der Waals surface area (Å²) >= 11 is 0. The predicted molar refractivity (Wildman–Crippen MR) is 41.1 cm³/mol. The van der Waals surface area contributed by atoms with Gasteiger partial charge in [-0.1, -0.05) is 20.8 Å². The van der Waals surface area contributed by atoms with E-state index in [-0.39, 0.29) is 0 Å². The van der Waals surface area contributed by atoms with Crippen molar-refractivity contribution in [1.29, 1.82) is 0 Å². The van der Waals surface area contributed by atoms with Gasteiger partial charge in [-0.2, -0.15) is 0 Å². The van der Waals surface area contributed by atoms with Gasteiger partial charge in [-0.3, -0.25) is 5.43 Å². The molecule has 0 aliphatic heterocycles. The van der Waals surface area contributed by atoms with Crippen LogP contribution in [0.2, 0.25) is 0 Å². The minimum absolute atomic E-state index is 0.744. The average molecular weight is 130 g/mol. The van der Waals surface area contributed by atoms with Gasteiger partial charge in [-0.05, 0) is 5.92 Å². The number of nitrogens with zero attached hydrogens (tertiary/aromatic N) is 1. The predicted octanol–water partition coefficient (Wildman–Crippen LogP) is 1.10. The Hall–Kier alpha value is -0.0800. The fourth-order valence-electron chi connectivity index (χ4n) is 0.882. The molecule has 0 aliphatic rings. The van der Waals surface area contributed by atoms with Gasteiger partial charge in [-0.25, -0.2) is 5.01 Å². The molecule has 0 aliphatic carbocycles. The topological polar surface area (TPSA) is 15.3 Å². The Morgan fingerprint density at radius 1 is 1.44 bits per heavy atom. The van der Waals surface area contributed by atoms with Crippen LogP contribution in [0.1, 0.15) is 20.8 Å². The van der Waals surface area contributed by atoms with Crippen molar-refractivity contribution in [3.8, 4) is 0 Å². The second-order valence-corrected chi connectivity index (χ2v) is 2.79. The molecular weight excluding hydrogens is 112 g/mol. The summed E-state index contributed by atoms with van der Waals surface area (Å²) in [5.41, 5.74) is 3.21. The molecule has 2 nitrogen and oxygen atoms in total. The monoisotopic (exact) mass is 130 g/mol. The van der Waals surface area contributed by atoms with Crippen LogP contribution >= 0.6 is 0 Å². The summed E-state index contributed by atoms with van der Waals surface area (Å²) in [7, 11) is 2.07. The first-order valence-corrected chi connectivity index (χ1v) is 3.61. The van der Waals surface area contributed by atoms with E-state index in [1.165, 1.54) is 0 Å². The summed E-state index contributed by atoms with van der Waals surface area (Å²) in [6.07, 6.45) is 0. The smallest absolute Gasteiger partial charge is 0.0150 e. The van der Waals surface area contributed by atoms with E-state index in [0.717, 1.165) is 19.0 Å². The number of nitrogens with one attached hydrogen (secondary N) is 1. The minimum atomic E-state index is 0.744. The van der Waals surface area contributed by atoms with Gasteiger partial charge in [0.1, 0.15) is 0 Å². The first kappa shape index (κ1) is 8.92. The molecule has 0 aromatic carbocycles. The van der Waals surface area contributed by atoms with Gasteiger partial charge in [0.15, 0.2) is 0 Å². The summed E-state index contributed by atoms with van der Waals surface area (Å²) in [6.45, 7) is 8.68. The number of hydrogen-bond donors (Lipinski definition) is 1. The molecule has 0 fully saturated rings. The third-order valence-corrected chi connectivity index (χ3v) is 1.07. The lowest BCUT2D eigenvalue weighted by molar-refractivity contribution is 0.215. The van der Waals surface area contributed by atoms with Crippen molar-refractivity contribution in [1.82, 2.24) is 10.4 Å². The molecule has 0 unspecified atom stereocenters. The Morgan fingerprint density at radius 3 is 2.33 bits per heavy atom. The van der Waals surface area contributed by atoms with Crippen molar-refractivity contribution in [3.05, 3.63) is 0 Å². The number of hydrogen-bond acceptors (Lipinski definition) is 2. The quantitative estimate of drug-likeness (QED) is 0.573. The van der Waals surface area contributed by atoms with Crippen molar-refractivity contribution in [2.24, 2.45) is 5.92 Å². The zero-order chi connectivity index (χ0) is 7.28. The Balaban J connectivity index is 3.15. The van der Waals surface area contributed by atoms with E-state index < -0.39 is 0 Å². The normalized spacial score (nSPS) is 11.3. The largest absolute Gasteiger partial charge is 0.256 e. The van der Waals surface area contributed by atoms with E-state index in [2.05, 4.69) is 38.3 Å². The molecule has 56 valence electrons. The van der Waals surface area contributed by atoms with Crippen molar-refractivity contribution < 1.29 is 0 Å². The summed E-state index contributed by atoms with van der Waals surface area (Å²) < 4.78 is 0. The van der Waals surface area contributed by atoms with E-state index >= 15 is 0 Å². The Bertz CT molecular complexity index is 61.9. The molecule has 0 amide bonds. The standard InChI is InChI=1S/C7H18N2/c1-5-8-9(4)6-7(2)3/h7-8H,5-6H2,1-4H3. The molecule has 0 saturated carbocycles. The number of rotatable bonds is 4. The molecular formula is C7H18N2. The van der Waals surface area contributed by atoms with Gasteiger partial charge in [0.25, 0.3) is 0 Å². The molecule has 0 atom stereocenters. The highest BCUT2D eigenvalue weighted by Gasteiger charge is 1.97. The van der Waals surface area contributed by atoms with E-state index in [1.54, 1.807) is 0 Å². The summed E-state index contributed by atoms with van der Waals surface area (Å²) in [4.78, 5) is 0. The van der Waals surface area contributed by atoms with Gasteiger partial charge in [0.2, 0.25) is 0 Å². The zero-order valence-corrected chi connectivity index (χ0v) is 6.94.